The molecule has 0 amide bonds. The first-order valence-electron chi connectivity index (χ1n) is 5.40. The van der Waals surface area contributed by atoms with Crippen molar-refractivity contribution in [3.05, 3.63) is 41.6 Å². The number of rotatable bonds is 2. The van der Waals surface area contributed by atoms with Crippen LogP contribution in [0.4, 0.5) is 5.95 Å². The molecule has 0 aliphatic carbocycles. The van der Waals surface area contributed by atoms with Gasteiger partial charge in [0.15, 0.2) is 0 Å². The molecule has 0 saturated heterocycles. The lowest BCUT2D eigenvalue weighted by Gasteiger charge is -2.05. The van der Waals surface area contributed by atoms with Crippen LogP contribution in [0, 0.1) is 6.92 Å². The van der Waals surface area contributed by atoms with Crippen molar-refractivity contribution in [2.24, 2.45) is 0 Å². The van der Waals surface area contributed by atoms with E-state index in [9.17, 15) is 4.79 Å². The van der Waals surface area contributed by atoms with Gasteiger partial charge in [0, 0.05) is 11.3 Å². The molecule has 0 spiro atoms. The summed E-state index contributed by atoms with van der Waals surface area (Å²) in [7, 11) is 1.35. The fourth-order valence-corrected chi connectivity index (χ4v) is 1.66. The molecule has 0 radical (unpaired) electrons. The number of aryl methyl sites for hydroxylation is 1. The number of anilines is 1. The largest absolute Gasteiger partial charge is 0.465 e. The summed E-state index contributed by atoms with van der Waals surface area (Å²) in [5, 5.41) is 0. The molecule has 2 rings (SSSR count). The Bertz CT molecular complexity index is 576. The molecule has 0 aliphatic heterocycles. The van der Waals surface area contributed by atoms with Gasteiger partial charge < -0.3 is 10.5 Å². The number of esters is 1. The van der Waals surface area contributed by atoms with Crippen molar-refractivity contribution in [1.82, 2.24) is 9.97 Å². The Morgan fingerprint density at radius 1 is 1.28 bits per heavy atom. The standard InChI is InChI=1S/C13H13N3O2/c1-8-6-11(16-13(14)15-8)9-4-3-5-10(7-9)12(17)18-2/h3-7H,1-2H3,(H2,14,15,16). The highest BCUT2D eigenvalue weighted by atomic mass is 16.5. The normalized spacial score (nSPS) is 10.1. The van der Waals surface area contributed by atoms with E-state index >= 15 is 0 Å². The lowest BCUT2D eigenvalue weighted by Crippen LogP contribution is -2.02. The summed E-state index contributed by atoms with van der Waals surface area (Å²) in [6, 6.07) is 8.84. The van der Waals surface area contributed by atoms with Crippen LogP contribution in [0.25, 0.3) is 11.3 Å². The molecule has 92 valence electrons. The van der Waals surface area contributed by atoms with E-state index < -0.39 is 0 Å². The van der Waals surface area contributed by atoms with Crippen LogP contribution >= 0.6 is 0 Å². The van der Waals surface area contributed by atoms with E-state index in [1.54, 1.807) is 18.2 Å². The van der Waals surface area contributed by atoms with Gasteiger partial charge in [0.25, 0.3) is 0 Å². The SMILES string of the molecule is COC(=O)c1cccc(-c2cc(C)nc(N)n2)c1. The fraction of sp³-hybridized carbons (Fsp3) is 0.154. The minimum atomic E-state index is -0.379. The van der Waals surface area contributed by atoms with Crippen LogP contribution in [0.1, 0.15) is 16.1 Å². The Balaban J connectivity index is 2.47. The van der Waals surface area contributed by atoms with E-state index in [-0.39, 0.29) is 11.9 Å². The van der Waals surface area contributed by atoms with Crippen LogP contribution in [0.5, 0.6) is 0 Å². The Morgan fingerprint density at radius 2 is 2.06 bits per heavy atom. The number of ether oxygens (including phenoxy) is 1. The Kier molecular flexibility index (Phi) is 3.23. The summed E-state index contributed by atoms with van der Waals surface area (Å²) in [5.41, 5.74) is 8.35. The lowest BCUT2D eigenvalue weighted by molar-refractivity contribution is 0.0601. The van der Waals surface area contributed by atoms with E-state index in [2.05, 4.69) is 14.7 Å². The van der Waals surface area contributed by atoms with Gasteiger partial charge in [-0.15, -0.1) is 0 Å². The summed E-state index contributed by atoms with van der Waals surface area (Å²) >= 11 is 0. The third-order valence-electron chi connectivity index (χ3n) is 2.45. The molecule has 0 atom stereocenters. The van der Waals surface area contributed by atoms with E-state index in [1.165, 1.54) is 7.11 Å². The molecule has 0 aliphatic rings. The Morgan fingerprint density at radius 3 is 2.72 bits per heavy atom. The highest BCUT2D eigenvalue weighted by Gasteiger charge is 2.08. The summed E-state index contributed by atoms with van der Waals surface area (Å²) in [5.74, 6) is -0.163. The van der Waals surface area contributed by atoms with Crippen molar-refractivity contribution in [2.45, 2.75) is 6.92 Å². The van der Waals surface area contributed by atoms with E-state index in [1.807, 2.05) is 19.1 Å². The van der Waals surface area contributed by atoms with Crippen LogP contribution in [-0.2, 0) is 4.74 Å². The third-order valence-corrected chi connectivity index (χ3v) is 2.45. The lowest BCUT2D eigenvalue weighted by atomic mass is 10.1. The molecular weight excluding hydrogens is 230 g/mol. The third kappa shape index (κ3) is 2.45. The number of carbonyl (C=O) groups excluding carboxylic acids is 1. The molecule has 0 unspecified atom stereocenters. The minimum absolute atomic E-state index is 0.216. The van der Waals surface area contributed by atoms with Crippen molar-refractivity contribution >= 4 is 11.9 Å². The molecule has 0 fully saturated rings. The number of methoxy groups -OCH3 is 1. The van der Waals surface area contributed by atoms with Crippen molar-refractivity contribution in [3.8, 4) is 11.3 Å². The van der Waals surface area contributed by atoms with Gasteiger partial charge >= 0.3 is 5.97 Å². The smallest absolute Gasteiger partial charge is 0.337 e. The average Bonchev–Trinajstić information content (AvgIpc) is 2.37. The maximum absolute atomic E-state index is 11.5. The molecular formula is C13H13N3O2. The molecule has 1 heterocycles. The highest BCUT2D eigenvalue weighted by molar-refractivity contribution is 5.90. The van der Waals surface area contributed by atoms with E-state index in [0.717, 1.165) is 11.3 Å². The number of nitrogen functional groups attached to an aromatic ring is 1. The van der Waals surface area contributed by atoms with Crippen LogP contribution in [0.2, 0.25) is 0 Å². The Labute approximate surface area is 105 Å². The van der Waals surface area contributed by atoms with Crippen LogP contribution < -0.4 is 5.73 Å². The van der Waals surface area contributed by atoms with Gasteiger partial charge in [-0.25, -0.2) is 14.8 Å². The second-order valence-electron chi connectivity index (χ2n) is 3.83. The predicted molar refractivity (Wildman–Crippen MR) is 68.0 cm³/mol. The zero-order valence-electron chi connectivity index (χ0n) is 10.2. The average molecular weight is 243 g/mol. The summed E-state index contributed by atoms with van der Waals surface area (Å²) < 4.78 is 4.68. The van der Waals surface area contributed by atoms with Crippen molar-refractivity contribution < 1.29 is 9.53 Å². The Hall–Kier alpha value is -2.43. The first kappa shape index (κ1) is 12.0. The quantitative estimate of drug-likeness (QED) is 0.814. The van der Waals surface area contributed by atoms with Gasteiger partial charge in [-0.2, -0.15) is 0 Å². The summed E-state index contributed by atoms with van der Waals surface area (Å²) in [4.78, 5) is 19.6. The summed E-state index contributed by atoms with van der Waals surface area (Å²) in [6.45, 7) is 1.84. The highest BCUT2D eigenvalue weighted by Crippen LogP contribution is 2.20. The molecule has 2 N–H and O–H groups in total. The van der Waals surface area contributed by atoms with Crippen LogP contribution in [0.3, 0.4) is 0 Å². The van der Waals surface area contributed by atoms with Crippen LogP contribution in [0.15, 0.2) is 30.3 Å². The zero-order valence-corrected chi connectivity index (χ0v) is 10.2. The van der Waals surface area contributed by atoms with Gasteiger partial charge in [0.05, 0.1) is 18.4 Å². The zero-order chi connectivity index (χ0) is 13.1. The number of hydrogen-bond donors (Lipinski definition) is 1. The molecule has 1 aromatic carbocycles. The number of aromatic nitrogens is 2. The monoisotopic (exact) mass is 243 g/mol. The fourth-order valence-electron chi connectivity index (χ4n) is 1.66. The first-order valence-corrected chi connectivity index (χ1v) is 5.40. The minimum Gasteiger partial charge on any atom is -0.465 e. The molecule has 5 heteroatoms. The molecule has 0 saturated carbocycles. The number of nitrogens with two attached hydrogens (primary N) is 1. The van der Waals surface area contributed by atoms with Gasteiger partial charge in [0.1, 0.15) is 0 Å². The van der Waals surface area contributed by atoms with Gasteiger partial charge in [0.2, 0.25) is 5.95 Å². The van der Waals surface area contributed by atoms with Gasteiger partial charge in [-0.1, -0.05) is 12.1 Å². The molecule has 5 nitrogen and oxygen atoms in total. The van der Waals surface area contributed by atoms with Crippen LogP contribution in [-0.4, -0.2) is 23.0 Å². The molecule has 0 bridgehead atoms. The number of nitrogens with zero attached hydrogens (tertiary/aromatic N) is 2. The first-order chi connectivity index (χ1) is 8.60. The topological polar surface area (TPSA) is 78.1 Å². The summed E-state index contributed by atoms with van der Waals surface area (Å²) in [6.07, 6.45) is 0. The number of carbonyl (C=O) groups is 1. The number of benzene rings is 1. The van der Waals surface area contributed by atoms with Crippen molar-refractivity contribution in [2.75, 3.05) is 12.8 Å². The molecule has 18 heavy (non-hydrogen) atoms. The second kappa shape index (κ2) is 4.83. The number of hydrogen-bond acceptors (Lipinski definition) is 5. The predicted octanol–water partition coefficient (Wildman–Crippen LogP) is 1.82. The second-order valence-corrected chi connectivity index (χ2v) is 3.83. The molecule has 1 aromatic heterocycles. The van der Waals surface area contributed by atoms with Gasteiger partial charge in [-0.3, -0.25) is 0 Å². The van der Waals surface area contributed by atoms with Crippen molar-refractivity contribution in [3.63, 3.8) is 0 Å². The molecule has 2 aromatic rings. The van der Waals surface area contributed by atoms with Crippen molar-refractivity contribution in [1.29, 1.82) is 0 Å². The van der Waals surface area contributed by atoms with E-state index in [0.29, 0.717) is 11.3 Å². The van der Waals surface area contributed by atoms with Gasteiger partial charge in [-0.05, 0) is 25.1 Å². The maximum Gasteiger partial charge on any atom is 0.337 e. The maximum atomic E-state index is 11.5. The van der Waals surface area contributed by atoms with E-state index in [4.69, 9.17) is 5.73 Å².